The van der Waals surface area contributed by atoms with Crippen LogP contribution in [0.1, 0.15) is 58.8 Å². The molecule has 1 N–H and O–H groups in total. The fourth-order valence-corrected chi connectivity index (χ4v) is 3.34. The number of rotatable bonds is 3. The van der Waals surface area contributed by atoms with Gasteiger partial charge in [-0.1, -0.05) is 32.6 Å². The average molecular weight is 221 g/mol. The molecule has 0 heterocycles. The Balaban J connectivity index is 2.14. The number of aliphatic hydroxyl groups is 1. The Hall–Kier alpha value is -0.550. The Morgan fingerprint density at radius 2 is 2.12 bits per heavy atom. The third-order valence-electron chi connectivity index (χ3n) is 4.63. The van der Waals surface area contributed by atoms with Gasteiger partial charge in [0.25, 0.3) is 0 Å². The molecule has 0 amide bonds. The van der Waals surface area contributed by atoms with Gasteiger partial charge < -0.3 is 5.11 Å². The van der Waals surface area contributed by atoms with Crippen molar-refractivity contribution in [1.82, 2.24) is 0 Å². The van der Waals surface area contributed by atoms with Crippen molar-refractivity contribution < 1.29 is 5.11 Å². The van der Waals surface area contributed by atoms with Crippen molar-refractivity contribution in [3.05, 3.63) is 0 Å². The fourth-order valence-electron chi connectivity index (χ4n) is 3.34. The minimum atomic E-state index is -0.780. The second kappa shape index (κ2) is 4.04. The van der Waals surface area contributed by atoms with E-state index in [1.807, 2.05) is 6.92 Å². The van der Waals surface area contributed by atoms with Crippen LogP contribution in [-0.4, -0.2) is 10.7 Å². The zero-order valence-electron chi connectivity index (χ0n) is 10.5. The van der Waals surface area contributed by atoms with E-state index in [4.69, 9.17) is 0 Å². The van der Waals surface area contributed by atoms with Gasteiger partial charge in [0.05, 0.1) is 17.1 Å². The molecule has 2 fully saturated rings. The molecule has 0 spiro atoms. The quantitative estimate of drug-likeness (QED) is 0.795. The van der Waals surface area contributed by atoms with Crippen molar-refractivity contribution in [2.75, 3.05) is 0 Å². The van der Waals surface area contributed by atoms with Crippen molar-refractivity contribution in [2.24, 2.45) is 17.3 Å². The summed E-state index contributed by atoms with van der Waals surface area (Å²) < 4.78 is 0. The molecule has 90 valence electrons. The Bertz CT molecular complexity index is 300. The average Bonchev–Trinajstić information content (AvgIpc) is 3.00. The smallest absolute Gasteiger partial charge is 0.0860 e. The molecule has 2 aliphatic carbocycles. The third-order valence-corrected chi connectivity index (χ3v) is 4.63. The second-order valence-electron chi connectivity index (χ2n) is 6.32. The molecule has 0 saturated heterocycles. The van der Waals surface area contributed by atoms with E-state index >= 15 is 0 Å². The molecule has 16 heavy (non-hydrogen) atoms. The first-order chi connectivity index (χ1) is 7.49. The van der Waals surface area contributed by atoms with E-state index in [0.717, 1.165) is 25.7 Å². The minimum Gasteiger partial charge on any atom is -0.389 e. The van der Waals surface area contributed by atoms with E-state index in [0.29, 0.717) is 11.8 Å². The van der Waals surface area contributed by atoms with E-state index in [9.17, 15) is 10.4 Å². The summed E-state index contributed by atoms with van der Waals surface area (Å²) in [6.45, 7) is 4.10. The molecule has 2 rings (SSSR count). The summed E-state index contributed by atoms with van der Waals surface area (Å²) in [5.41, 5.74) is -1.26. The van der Waals surface area contributed by atoms with Crippen LogP contribution in [0.3, 0.4) is 0 Å². The number of hydrogen-bond acceptors (Lipinski definition) is 2. The molecule has 0 aliphatic heterocycles. The van der Waals surface area contributed by atoms with Gasteiger partial charge in [-0.15, -0.1) is 0 Å². The Morgan fingerprint density at radius 3 is 2.62 bits per heavy atom. The second-order valence-corrected chi connectivity index (χ2v) is 6.32. The number of nitriles is 1. The Labute approximate surface area is 98.7 Å². The zero-order valence-corrected chi connectivity index (χ0v) is 10.5. The first-order valence-corrected chi connectivity index (χ1v) is 6.63. The highest BCUT2D eigenvalue weighted by Crippen LogP contribution is 2.51. The summed E-state index contributed by atoms with van der Waals surface area (Å²) in [7, 11) is 0. The summed E-state index contributed by atoms with van der Waals surface area (Å²) in [4.78, 5) is 0. The van der Waals surface area contributed by atoms with Crippen LogP contribution in [0.2, 0.25) is 0 Å². The molecule has 2 nitrogen and oxygen atoms in total. The molecule has 2 heteroatoms. The predicted molar refractivity (Wildman–Crippen MR) is 63.6 cm³/mol. The van der Waals surface area contributed by atoms with Crippen LogP contribution in [0, 0.1) is 28.6 Å². The van der Waals surface area contributed by atoms with Crippen LogP contribution in [0.25, 0.3) is 0 Å². The van der Waals surface area contributed by atoms with Crippen LogP contribution in [0.5, 0.6) is 0 Å². The molecule has 0 bridgehead atoms. The standard InChI is InChI=1S/C14H23NO/c1-11-4-3-7-14(8-11,10-15)13(2,16)9-12-5-6-12/h11-12,16H,3-9H2,1-2H3. The lowest BCUT2D eigenvalue weighted by molar-refractivity contribution is -0.0754. The fraction of sp³-hybridized carbons (Fsp3) is 0.929. The molecule has 0 aromatic rings. The SMILES string of the molecule is CC1CCCC(C#N)(C(C)(O)CC2CC2)C1. The van der Waals surface area contributed by atoms with Crippen LogP contribution >= 0.6 is 0 Å². The van der Waals surface area contributed by atoms with E-state index in [-0.39, 0.29) is 0 Å². The van der Waals surface area contributed by atoms with Crippen LogP contribution in [-0.2, 0) is 0 Å². The lowest BCUT2D eigenvalue weighted by Crippen LogP contribution is -2.48. The van der Waals surface area contributed by atoms with E-state index < -0.39 is 11.0 Å². The molecule has 0 aromatic heterocycles. The van der Waals surface area contributed by atoms with Crippen molar-refractivity contribution in [1.29, 1.82) is 5.26 Å². The lowest BCUT2D eigenvalue weighted by Gasteiger charge is -2.45. The maximum Gasteiger partial charge on any atom is 0.0860 e. The topological polar surface area (TPSA) is 44.0 Å². The molecule has 3 unspecified atom stereocenters. The summed E-state index contributed by atoms with van der Waals surface area (Å²) in [5.74, 6) is 1.26. The summed E-state index contributed by atoms with van der Waals surface area (Å²) >= 11 is 0. The van der Waals surface area contributed by atoms with Crippen molar-refractivity contribution in [2.45, 2.75) is 64.4 Å². The van der Waals surface area contributed by atoms with E-state index in [1.165, 1.54) is 19.3 Å². The highest BCUT2D eigenvalue weighted by Gasteiger charge is 2.51. The van der Waals surface area contributed by atoms with Crippen LogP contribution < -0.4 is 0 Å². The maximum atomic E-state index is 10.7. The minimum absolute atomic E-state index is 0.479. The number of hydrogen-bond donors (Lipinski definition) is 1. The molecular formula is C14H23NO. The number of nitrogens with zero attached hydrogens (tertiary/aromatic N) is 1. The normalized spacial score (nSPS) is 38.8. The highest BCUT2D eigenvalue weighted by molar-refractivity contribution is 5.12. The monoisotopic (exact) mass is 221 g/mol. The summed E-state index contributed by atoms with van der Waals surface area (Å²) in [6, 6.07) is 2.47. The van der Waals surface area contributed by atoms with Crippen molar-refractivity contribution in [3.8, 4) is 6.07 Å². The maximum absolute atomic E-state index is 10.7. The van der Waals surface area contributed by atoms with Gasteiger partial charge in [-0.05, 0) is 38.0 Å². The highest BCUT2D eigenvalue weighted by atomic mass is 16.3. The van der Waals surface area contributed by atoms with Crippen molar-refractivity contribution in [3.63, 3.8) is 0 Å². The molecule has 0 radical (unpaired) electrons. The molecular weight excluding hydrogens is 198 g/mol. The third kappa shape index (κ3) is 2.11. The molecule has 3 atom stereocenters. The van der Waals surface area contributed by atoms with Gasteiger partial charge in [-0.2, -0.15) is 5.26 Å². The van der Waals surface area contributed by atoms with E-state index in [2.05, 4.69) is 13.0 Å². The van der Waals surface area contributed by atoms with Crippen LogP contribution in [0.4, 0.5) is 0 Å². The van der Waals surface area contributed by atoms with Gasteiger partial charge >= 0.3 is 0 Å². The van der Waals surface area contributed by atoms with Gasteiger partial charge in [0.15, 0.2) is 0 Å². The molecule has 0 aromatic carbocycles. The summed E-state index contributed by atoms with van der Waals surface area (Å²) in [5, 5.41) is 20.2. The summed E-state index contributed by atoms with van der Waals surface area (Å²) in [6.07, 6.45) is 7.38. The van der Waals surface area contributed by atoms with Gasteiger partial charge in [0, 0.05) is 0 Å². The van der Waals surface area contributed by atoms with Gasteiger partial charge in [0.2, 0.25) is 0 Å². The lowest BCUT2D eigenvalue weighted by atomic mass is 9.61. The Kier molecular flexibility index (Phi) is 3.01. The molecule has 2 saturated carbocycles. The van der Waals surface area contributed by atoms with E-state index in [1.54, 1.807) is 0 Å². The van der Waals surface area contributed by atoms with Gasteiger partial charge in [-0.25, -0.2) is 0 Å². The Morgan fingerprint density at radius 1 is 1.44 bits per heavy atom. The first kappa shape index (κ1) is 11.9. The van der Waals surface area contributed by atoms with Gasteiger partial charge in [0.1, 0.15) is 0 Å². The van der Waals surface area contributed by atoms with Gasteiger partial charge in [-0.3, -0.25) is 0 Å². The molecule has 2 aliphatic rings. The zero-order chi connectivity index (χ0) is 11.8. The first-order valence-electron chi connectivity index (χ1n) is 6.63. The predicted octanol–water partition coefficient (Wildman–Crippen LogP) is 3.26. The van der Waals surface area contributed by atoms with Crippen molar-refractivity contribution >= 4 is 0 Å². The van der Waals surface area contributed by atoms with Crippen LogP contribution in [0.15, 0.2) is 0 Å². The largest absolute Gasteiger partial charge is 0.389 e.